The van der Waals surface area contributed by atoms with E-state index in [0.29, 0.717) is 16.9 Å². The van der Waals surface area contributed by atoms with E-state index in [-0.39, 0.29) is 11.5 Å². The number of anilines is 1. The first-order chi connectivity index (χ1) is 9.52. The highest BCUT2D eigenvalue weighted by Crippen LogP contribution is 2.26. The van der Waals surface area contributed by atoms with Gasteiger partial charge >= 0.3 is 0 Å². The summed E-state index contributed by atoms with van der Waals surface area (Å²) in [4.78, 5) is 4.26. The van der Waals surface area contributed by atoms with Crippen LogP contribution in [0.2, 0.25) is 0 Å². The summed E-state index contributed by atoms with van der Waals surface area (Å²) in [5.74, 6) is -0.236. The van der Waals surface area contributed by atoms with Gasteiger partial charge in [0.1, 0.15) is 17.4 Å². The standard InChI is InChI=1S/C13H11FN6/c1-7-11-12(19(2)18-7)20(13(16)17-11)10-4-3-9(14)5-8(10)6-15/h3-5H,1-2H3,(H2,16,17). The molecule has 0 spiro atoms. The van der Waals surface area contributed by atoms with E-state index >= 15 is 0 Å². The Balaban J connectivity index is 2.41. The van der Waals surface area contributed by atoms with Crippen LogP contribution in [0.5, 0.6) is 0 Å². The zero-order valence-electron chi connectivity index (χ0n) is 10.9. The summed E-state index contributed by atoms with van der Waals surface area (Å²) < 4.78 is 16.5. The molecule has 1 aromatic carbocycles. The highest BCUT2D eigenvalue weighted by atomic mass is 19.1. The topological polar surface area (TPSA) is 85.5 Å². The number of halogens is 1. The van der Waals surface area contributed by atoms with Crippen LogP contribution in [0.4, 0.5) is 10.3 Å². The number of nitrogens with zero attached hydrogens (tertiary/aromatic N) is 5. The largest absolute Gasteiger partial charge is 0.369 e. The Morgan fingerprint density at radius 3 is 2.85 bits per heavy atom. The molecule has 3 rings (SSSR count). The van der Waals surface area contributed by atoms with Crippen molar-refractivity contribution in [1.82, 2.24) is 19.3 Å². The van der Waals surface area contributed by atoms with Crippen molar-refractivity contribution in [3.63, 3.8) is 0 Å². The highest BCUT2D eigenvalue weighted by Gasteiger charge is 2.19. The van der Waals surface area contributed by atoms with Crippen molar-refractivity contribution < 1.29 is 4.39 Å². The molecule has 0 fully saturated rings. The van der Waals surface area contributed by atoms with Gasteiger partial charge < -0.3 is 5.73 Å². The number of fused-ring (bicyclic) bond motifs is 1. The molecule has 0 aliphatic rings. The summed E-state index contributed by atoms with van der Waals surface area (Å²) in [6, 6.07) is 5.93. The average molecular weight is 270 g/mol. The van der Waals surface area contributed by atoms with E-state index in [1.165, 1.54) is 18.2 Å². The quantitative estimate of drug-likeness (QED) is 0.728. The van der Waals surface area contributed by atoms with Crippen molar-refractivity contribution in [2.75, 3.05) is 5.73 Å². The normalized spacial score (nSPS) is 10.9. The van der Waals surface area contributed by atoms with Crippen LogP contribution in [0.15, 0.2) is 18.2 Å². The summed E-state index contributed by atoms with van der Waals surface area (Å²) in [7, 11) is 1.77. The number of benzene rings is 1. The lowest BCUT2D eigenvalue weighted by Gasteiger charge is -2.08. The van der Waals surface area contributed by atoms with Crippen LogP contribution in [0.3, 0.4) is 0 Å². The second kappa shape index (κ2) is 4.06. The number of nitriles is 1. The maximum atomic E-state index is 13.2. The molecule has 0 saturated heterocycles. The molecule has 0 saturated carbocycles. The van der Waals surface area contributed by atoms with Crippen LogP contribution in [0, 0.1) is 24.1 Å². The Labute approximate surface area is 113 Å². The first-order valence-electron chi connectivity index (χ1n) is 5.90. The van der Waals surface area contributed by atoms with Crippen LogP contribution < -0.4 is 5.73 Å². The molecule has 0 bridgehead atoms. The molecule has 0 aliphatic heterocycles. The SMILES string of the molecule is Cc1nn(C)c2c1nc(N)n2-c1ccc(F)cc1C#N. The van der Waals surface area contributed by atoms with E-state index < -0.39 is 5.82 Å². The minimum absolute atomic E-state index is 0.190. The van der Waals surface area contributed by atoms with Crippen LogP contribution in [-0.2, 0) is 7.05 Å². The molecule has 0 amide bonds. The summed E-state index contributed by atoms with van der Waals surface area (Å²) in [6.07, 6.45) is 0. The third kappa shape index (κ3) is 1.55. The lowest BCUT2D eigenvalue weighted by Crippen LogP contribution is -2.06. The van der Waals surface area contributed by atoms with Crippen molar-refractivity contribution in [2.24, 2.45) is 7.05 Å². The highest BCUT2D eigenvalue weighted by molar-refractivity contribution is 5.80. The molecule has 2 aromatic heterocycles. The Bertz CT molecular complexity index is 867. The lowest BCUT2D eigenvalue weighted by molar-refractivity contribution is 0.627. The molecule has 20 heavy (non-hydrogen) atoms. The molecule has 0 aliphatic carbocycles. The molecule has 6 nitrogen and oxygen atoms in total. The number of aromatic nitrogens is 4. The number of imidazole rings is 1. The number of nitrogen functional groups attached to an aromatic ring is 1. The first-order valence-corrected chi connectivity index (χ1v) is 5.90. The van der Waals surface area contributed by atoms with Gasteiger partial charge in [0.05, 0.1) is 16.9 Å². The van der Waals surface area contributed by atoms with Crippen molar-refractivity contribution in [3.8, 4) is 11.8 Å². The van der Waals surface area contributed by atoms with E-state index in [0.717, 1.165) is 5.69 Å². The number of rotatable bonds is 1. The van der Waals surface area contributed by atoms with Crippen LogP contribution in [0.1, 0.15) is 11.3 Å². The smallest absolute Gasteiger partial charge is 0.207 e. The van der Waals surface area contributed by atoms with Crippen molar-refractivity contribution in [2.45, 2.75) is 6.92 Å². The summed E-state index contributed by atoms with van der Waals surface area (Å²) >= 11 is 0. The van der Waals surface area contributed by atoms with Gasteiger partial charge in [0.15, 0.2) is 5.65 Å². The molecular formula is C13H11FN6. The number of hydrogen-bond acceptors (Lipinski definition) is 4. The zero-order valence-corrected chi connectivity index (χ0v) is 10.9. The molecule has 2 N–H and O–H groups in total. The second-order valence-electron chi connectivity index (χ2n) is 4.46. The predicted octanol–water partition coefficient (Wildman–Crippen LogP) is 1.66. The lowest BCUT2D eigenvalue weighted by atomic mass is 10.2. The fourth-order valence-corrected chi connectivity index (χ4v) is 2.32. The van der Waals surface area contributed by atoms with Gasteiger partial charge in [0.2, 0.25) is 5.95 Å². The number of aryl methyl sites for hydroxylation is 2. The van der Waals surface area contributed by atoms with Gasteiger partial charge in [-0.2, -0.15) is 10.4 Å². The second-order valence-corrected chi connectivity index (χ2v) is 4.46. The molecule has 0 unspecified atom stereocenters. The van der Waals surface area contributed by atoms with Crippen molar-refractivity contribution in [3.05, 3.63) is 35.3 Å². The van der Waals surface area contributed by atoms with Crippen molar-refractivity contribution in [1.29, 1.82) is 5.26 Å². The third-order valence-corrected chi connectivity index (χ3v) is 3.15. The molecule has 3 aromatic rings. The Hall–Kier alpha value is -2.88. The fraction of sp³-hybridized carbons (Fsp3) is 0.154. The third-order valence-electron chi connectivity index (χ3n) is 3.15. The Morgan fingerprint density at radius 2 is 2.15 bits per heavy atom. The Kier molecular flexibility index (Phi) is 2.47. The summed E-state index contributed by atoms with van der Waals surface area (Å²) in [5.41, 5.74) is 8.69. The van der Waals surface area contributed by atoms with Gasteiger partial charge in [0.25, 0.3) is 0 Å². The molecule has 7 heteroatoms. The van der Waals surface area contributed by atoms with E-state index in [4.69, 9.17) is 11.0 Å². The minimum atomic E-state index is -0.471. The van der Waals surface area contributed by atoms with Crippen LogP contribution in [-0.4, -0.2) is 19.3 Å². The molecule has 0 atom stereocenters. The molecule has 2 heterocycles. The van der Waals surface area contributed by atoms with Crippen molar-refractivity contribution >= 4 is 17.1 Å². The maximum absolute atomic E-state index is 13.2. The Morgan fingerprint density at radius 1 is 1.40 bits per heavy atom. The van der Waals surface area contributed by atoms with Gasteiger partial charge in [-0.25, -0.2) is 14.1 Å². The van der Waals surface area contributed by atoms with E-state index in [2.05, 4.69) is 10.1 Å². The predicted molar refractivity (Wildman–Crippen MR) is 71.7 cm³/mol. The van der Waals surface area contributed by atoms with E-state index in [1.54, 1.807) is 16.3 Å². The zero-order chi connectivity index (χ0) is 14.4. The van der Waals surface area contributed by atoms with Crippen LogP contribution >= 0.6 is 0 Å². The summed E-state index contributed by atoms with van der Waals surface area (Å²) in [5, 5.41) is 13.4. The van der Waals surface area contributed by atoms with E-state index in [1.807, 2.05) is 13.0 Å². The van der Waals surface area contributed by atoms with Gasteiger partial charge in [-0.3, -0.25) is 4.57 Å². The molecule has 0 radical (unpaired) electrons. The maximum Gasteiger partial charge on any atom is 0.207 e. The number of hydrogen-bond donors (Lipinski definition) is 1. The van der Waals surface area contributed by atoms with Gasteiger partial charge in [-0.05, 0) is 25.1 Å². The fourth-order valence-electron chi connectivity index (χ4n) is 2.32. The minimum Gasteiger partial charge on any atom is -0.369 e. The summed E-state index contributed by atoms with van der Waals surface area (Å²) in [6.45, 7) is 1.83. The number of nitrogens with two attached hydrogens (primary N) is 1. The monoisotopic (exact) mass is 270 g/mol. The van der Waals surface area contributed by atoms with E-state index in [9.17, 15) is 4.39 Å². The van der Waals surface area contributed by atoms with Gasteiger partial charge in [-0.1, -0.05) is 0 Å². The molecule has 100 valence electrons. The van der Waals surface area contributed by atoms with Gasteiger partial charge in [-0.15, -0.1) is 0 Å². The average Bonchev–Trinajstić information content (AvgIpc) is 2.88. The van der Waals surface area contributed by atoms with Crippen LogP contribution in [0.25, 0.3) is 16.9 Å². The molecular weight excluding hydrogens is 259 g/mol. The van der Waals surface area contributed by atoms with Gasteiger partial charge in [0, 0.05) is 7.05 Å². The first kappa shape index (κ1) is 12.2.